The highest BCUT2D eigenvalue weighted by Gasteiger charge is 2.20. The Labute approximate surface area is 118 Å². The van der Waals surface area contributed by atoms with Gasteiger partial charge in [0.05, 0.1) is 0 Å². The number of nitrogens with zero attached hydrogens (tertiary/aromatic N) is 1. The minimum absolute atomic E-state index is 0.269. The molecule has 1 aliphatic rings. The van der Waals surface area contributed by atoms with E-state index in [-0.39, 0.29) is 4.90 Å². The summed E-state index contributed by atoms with van der Waals surface area (Å²) in [5.41, 5.74) is 0.591. The van der Waals surface area contributed by atoms with Crippen molar-refractivity contribution in [3.8, 4) is 0 Å². The van der Waals surface area contributed by atoms with Gasteiger partial charge in [-0.15, -0.1) is 0 Å². The summed E-state index contributed by atoms with van der Waals surface area (Å²) in [4.78, 5) is 7.26. The highest BCUT2D eigenvalue weighted by Crippen LogP contribution is 2.20. The predicted octanol–water partition coefficient (Wildman–Crippen LogP) is 0.841. The largest absolute Gasteiger partial charge is 0.345 e. The molecule has 2 aromatic rings. The number of hydrogen-bond donors (Lipinski definition) is 3. The third-order valence-electron chi connectivity index (χ3n) is 3.71. The summed E-state index contributed by atoms with van der Waals surface area (Å²) in [6.45, 7) is 2.49. The zero-order chi connectivity index (χ0) is 14.0. The molecule has 6 nitrogen and oxygen atoms in total. The molecule has 1 saturated heterocycles. The van der Waals surface area contributed by atoms with E-state index < -0.39 is 10.0 Å². The van der Waals surface area contributed by atoms with Gasteiger partial charge < -0.3 is 10.3 Å². The van der Waals surface area contributed by atoms with E-state index in [2.05, 4.69) is 20.0 Å². The van der Waals surface area contributed by atoms with Crippen LogP contribution in [0, 0.1) is 5.92 Å². The van der Waals surface area contributed by atoms with Crippen molar-refractivity contribution in [2.24, 2.45) is 5.92 Å². The van der Waals surface area contributed by atoms with E-state index in [1.54, 1.807) is 18.3 Å². The van der Waals surface area contributed by atoms with E-state index in [0.29, 0.717) is 23.5 Å². The lowest BCUT2D eigenvalue weighted by Crippen LogP contribution is -2.26. The minimum Gasteiger partial charge on any atom is -0.345 e. The van der Waals surface area contributed by atoms with Gasteiger partial charge in [0, 0.05) is 24.3 Å². The van der Waals surface area contributed by atoms with E-state index >= 15 is 0 Å². The minimum atomic E-state index is -3.48. The standard InChI is InChI=1S/C13H18N4O2S/c18-20(19,17-7-4-10-3-6-14-8-10)12-9-16-13-11(12)2-1-5-15-13/h1-2,5,9-10,14,17H,3-4,6-8H2,(H,15,16). The second kappa shape index (κ2) is 5.51. The lowest BCUT2D eigenvalue weighted by atomic mass is 10.1. The molecule has 0 bridgehead atoms. The molecule has 3 rings (SSSR count). The first-order valence-electron chi connectivity index (χ1n) is 6.79. The van der Waals surface area contributed by atoms with Gasteiger partial charge >= 0.3 is 0 Å². The van der Waals surface area contributed by atoms with Crippen LogP contribution >= 0.6 is 0 Å². The molecule has 1 atom stereocenters. The van der Waals surface area contributed by atoms with Crippen molar-refractivity contribution < 1.29 is 8.42 Å². The number of fused-ring (bicyclic) bond motifs is 1. The average molecular weight is 294 g/mol. The van der Waals surface area contributed by atoms with Crippen LogP contribution in [0.15, 0.2) is 29.4 Å². The van der Waals surface area contributed by atoms with Crippen molar-refractivity contribution in [3.63, 3.8) is 0 Å². The van der Waals surface area contributed by atoms with Crippen LogP contribution in [0.4, 0.5) is 0 Å². The molecule has 1 fully saturated rings. The Balaban J connectivity index is 1.71. The number of sulfonamides is 1. The van der Waals surface area contributed by atoms with Gasteiger partial charge in [-0.3, -0.25) is 0 Å². The lowest BCUT2D eigenvalue weighted by molar-refractivity contribution is 0.519. The third kappa shape index (κ3) is 2.70. The van der Waals surface area contributed by atoms with Crippen LogP contribution in [0.2, 0.25) is 0 Å². The zero-order valence-corrected chi connectivity index (χ0v) is 11.9. The normalized spacial score (nSPS) is 19.7. The SMILES string of the molecule is O=S(=O)(NCCC1CCNC1)c1c[nH]c2ncccc12. The summed E-state index contributed by atoms with van der Waals surface area (Å²) >= 11 is 0. The smallest absolute Gasteiger partial charge is 0.242 e. The van der Waals surface area contributed by atoms with E-state index in [1.807, 2.05) is 0 Å². The molecule has 108 valence electrons. The van der Waals surface area contributed by atoms with Crippen LogP contribution in [0.3, 0.4) is 0 Å². The molecular formula is C13H18N4O2S. The summed E-state index contributed by atoms with van der Waals surface area (Å²) in [7, 11) is -3.48. The van der Waals surface area contributed by atoms with Crippen LogP contribution < -0.4 is 10.0 Å². The topological polar surface area (TPSA) is 86.9 Å². The van der Waals surface area contributed by atoms with Crippen molar-refractivity contribution in [1.29, 1.82) is 0 Å². The molecule has 0 radical (unpaired) electrons. The fourth-order valence-electron chi connectivity index (χ4n) is 2.59. The summed E-state index contributed by atoms with van der Waals surface area (Å²) in [5, 5.41) is 3.91. The highest BCUT2D eigenvalue weighted by molar-refractivity contribution is 7.89. The molecule has 1 aliphatic heterocycles. The summed E-state index contributed by atoms with van der Waals surface area (Å²) in [6.07, 6.45) is 5.12. The second-order valence-electron chi connectivity index (χ2n) is 5.10. The van der Waals surface area contributed by atoms with Gasteiger partial charge in [0.25, 0.3) is 0 Å². The molecule has 3 heterocycles. The van der Waals surface area contributed by atoms with Crippen molar-refractivity contribution in [2.45, 2.75) is 17.7 Å². The number of hydrogen-bond acceptors (Lipinski definition) is 4. The molecule has 0 amide bonds. The van der Waals surface area contributed by atoms with Crippen molar-refractivity contribution >= 4 is 21.1 Å². The quantitative estimate of drug-likeness (QED) is 0.762. The van der Waals surface area contributed by atoms with Gasteiger partial charge in [-0.1, -0.05) is 0 Å². The number of nitrogens with one attached hydrogen (secondary N) is 3. The first kappa shape index (κ1) is 13.5. The van der Waals surface area contributed by atoms with Gasteiger partial charge in [-0.2, -0.15) is 0 Å². The molecule has 2 aromatic heterocycles. The maximum atomic E-state index is 12.3. The predicted molar refractivity (Wildman–Crippen MR) is 76.9 cm³/mol. The number of H-pyrrole nitrogens is 1. The van der Waals surface area contributed by atoms with Crippen LogP contribution in [-0.4, -0.2) is 38.0 Å². The summed E-state index contributed by atoms with van der Waals surface area (Å²) < 4.78 is 27.3. The Bertz CT molecular complexity index is 689. The number of aromatic amines is 1. The Morgan fingerprint density at radius 2 is 2.35 bits per heavy atom. The van der Waals surface area contributed by atoms with E-state index in [0.717, 1.165) is 25.9 Å². The number of pyridine rings is 1. The maximum Gasteiger partial charge on any atom is 0.242 e. The second-order valence-corrected chi connectivity index (χ2v) is 6.83. The maximum absolute atomic E-state index is 12.3. The summed E-state index contributed by atoms with van der Waals surface area (Å²) in [5.74, 6) is 0.572. The highest BCUT2D eigenvalue weighted by atomic mass is 32.2. The first-order valence-corrected chi connectivity index (χ1v) is 8.27. The van der Waals surface area contributed by atoms with Gasteiger partial charge in [-0.05, 0) is 44.0 Å². The van der Waals surface area contributed by atoms with E-state index in [9.17, 15) is 8.42 Å². The molecular weight excluding hydrogens is 276 g/mol. The fourth-order valence-corrected chi connectivity index (χ4v) is 3.80. The molecule has 0 aliphatic carbocycles. The Morgan fingerprint density at radius 1 is 1.45 bits per heavy atom. The molecule has 0 spiro atoms. The third-order valence-corrected chi connectivity index (χ3v) is 5.21. The fraction of sp³-hybridized carbons (Fsp3) is 0.462. The van der Waals surface area contributed by atoms with Crippen LogP contribution in [0.25, 0.3) is 11.0 Å². The Morgan fingerprint density at radius 3 is 3.15 bits per heavy atom. The van der Waals surface area contributed by atoms with Gasteiger partial charge in [0.15, 0.2) is 0 Å². The van der Waals surface area contributed by atoms with Crippen molar-refractivity contribution in [1.82, 2.24) is 20.0 Å². The Hall–Kier alpha value is -1.44. The Kier molecular flexibility index (Phi) is 3.73. The molecule has 3 N–H and O–H groups in total. The molecule has 20 heavy (non-hydrogen) atoms. The van der Waals surface area contributed by atoms with E-state index in [1.165, 1.54) is 6.20 Å². The zero-order valence-electron chi connectivity index (χ0n) is 11.1. The molecule has 1 unspecified atom stereocenters. The lowest BCUT2D eigenvalue weighted by Gasteiger charge is -2.09. The summed E-state index contributed by atoms with van der Waals surface area (Å²) in [6, 6.07) is 3.49. The number of rotatable bonds is 5. The first-order chi connectivity index (χ1) is 9.67. The average Bonchev–Trinajstić information content (AvgIpc) is 3.07. The molecule has 0 saturated carbocycles. The van der Waals surface area contributed by atoms with Gasteiger partial charge in [-0.25, -0.2) is 18.1 Å². The van der Waals surface area contributed by atoms with Crippen molar-refractivity contribution in [2.75, 3.05) is 19.6 Å². The number of aromatic nitrogens is 2. The molecule has 7 heteroatoms. The van der Waals surface area contributed by atoms with Crippen molar-refractivity contribution in [3.05, 3.63) is 24.5 Å². The monoisotopic (exact) mass is 294 g/mol. The van der Waals surface area contributed by atoms with Crippen LogP contribution in [0.5, 0.6) is 0 Å². The molecule has 0 aromatic carbocycles. The van der Waals surface area contributed by atoms with Gasteiger partial charge in [0.1, 0.15) is 10.5 Å². The van der Waals surface area contributed by atoms with Crippen LogP contribution in [-0.2, 0) is 10.0 Å². The van der Waals surface area contributed by atoms with E-state index in [4.69, 9.17) is 0 Å². The van der Waals surface area contributed by atoms with Gasteiger partial charge in [0.2, 0.25) is 10.0 Å². The van der Waals surface area contributed by atoms with Crippen LogP contribution in [0.1, 0.15) is 12.8 Å².